The monoisotopic (exact) mass is 275 g/mol. The number of H-pyrrole nitrogens is 1. The molecule has 0 bridgehead atoms. The molecule has 3 rings (SSSR count). The van der Waals surface area contributed by atoms with Crippen molar-refractivity contribution in [3.63, 3.8) is 0 Å². The Morgan fingerprint density at radius 1 is 1.37 bits per heavy atom. The normalized spacial score (nSPS) is 11.1. The van der Waals surface area contributed by atoms with Crippen LogP contribution in [-0.2, 0) is 6.61 Å². The predicted octanol–water partition coefficient (Wildman–Crippen LogP) is 1.86. The zero-order valence-electron chi connectivity index (χ0n) is 9.80. The second-order valence-corrected chi connectivity index (χ2v) is 4.47. The third-order valence-corrected chi connectivity index (χ3v) is 3.38. The number of hydrogen-bond acceptors (Lipinski definition) is 3. The number of aromatic nitrogens is 3. The molecule has 6 heteroatoms. The van der Waals surface area contributed by atoms with Crippen molar-refractivity contribution in [1.29, 1.82) is 0 Å². The van der Waals surface area contributed by atoms with Crippen LogP contribution in [0.3, 0.4) is 0 Å². The zero-order chi connectivity index (χ0) is 13.4. The highest BCUT2D eigenvalue weighted by molar-refractivity contribution is 6.32. The molecule has 0 spiro atoms. The highest BCUT2D eigenvalue weighted by Gasteiger charge is 2.13. The number of fused-ring (bicyclic) bond motifs is 1. The van der Waals surface area contributed by atoms with E-state index in [9.17, 15) is 9.90 Å². The molecule has 0 aliphatic heterocycles. The number of aliphatic hydroxyl groups excluding tert-OH is 1. The molecular formula is C13H10ClN3O2. The number of aromatic amines is 1. The summed E-state index contributed by atoms with van der Waals surface area (Å²) in [6, 6.07) is 7.64. The maximum Gasteiger partial charge on any atom is 0.285 e. The zero-order valence-corrected chi connectivity index (χ0v) is 10.6. The average molecular weight is 276 g/mol. The number of aliphatic hydroxyl groups is 1. The van der Waals surface area contributed by atoms with E-state index in [1.807, 2.05) is 30.5 Å². The molecule has 5 nitrogen and oxygen atoms in total. The standard InChI is InChI=1S/C13H10ClN3O2/c14-12-10(5-15-16-13(12)19)17-6-8-3-1-2-4-9(8)11(17)7-18/h1-6,18H,7H2,(H,16,19). The molecule has 0 saturated carbocycles. The summed E-state index contributed by atoms with van der Waals surface area (Å²) in [5.74, 6) is 0. The van der Waals surface area contributed by atoms with Crippen LogP contribution in [0.25, 0.3) is 16.5 Å². The van der Waals surface area contributed by atoms with Gasteiger partial charge in [-0.25, -0.2) is 5.10 Å². The van der Waals surface area contributed by atoms with Gasteiger partial charge in [0.25, 0.3) is 5.56 Å². The minimum atomic E-state index is -0.458. The van der Waals surface area contributed by atoms with E-state index in [0.717, 1.165) is 10.8 Å². The largest absolute Gasteiger partial charge is 0.390 e. The van der Waals surface area contributed by atoms with E-state index >= 15 is 0 Å². The molecule has 19 heavy (non-hydrogen) atoms. The quantitative estimate of drug-likeness (QED) is 0.750. The van der Waals surface area contributed by atoms with Crippen molar-refractivity contribution < 1.29 is 5.11 Å². The highest BCUT2D eigenvalue weighted by Crippen LogP contribution is 2.26. The van der Waals surface area contributed by atoms with Crippen molar-refractivity contribution in [2.24, 2.45) is 0 Å². The second-order valence-electron chi connectivity index (χ2n) is 4.09. The molecule has 0 aliphatic carbocycles. The Morgan fingerprint density at radius 3 is 2.95 bits per heavy atom. The van der Waals surface area contributed by atoms with Gasteiger partial charge in [0, 0.05) is 17.0 Å². The number of hydrogen-bond donors (Lipinski definition) is 2. The molecule has 1 aromatic carbocycles. The minimum Gasteiger partial charge on any atom is -0.390 e. The van der Waals surface area contributed by atoms with Crippen molar-refractivity contribution >= 4 is 22.4 Å². The van der Waals surface area contributed by atoms with E-state index in [-0.39, 0.29) is 11.6 Å². The molecule has 2 N–H and O–H groups in total. The third-order valence-electron chi connectivity index (χ3n) is 3.02. The first-order valence-electron chi connectivity index (χ1n) is 5.65. The first-order chi connectivity index (χ1) is 9.22. The lowest BCUT2D eigenvalue weighted by molar-refractivity contribution is 0.276. The summed E-state index contributed by atoms with van der Waals surface area (Å²) in [6.45, 7) is -0.156. The van der Waals surface area contributed by atoms with E-state index in [0.29, 0.717) is 11.4 Å². The van der Waals surface area contributed by atoms with Gasteiger partial charge in [-0.2, -0.15) is 5.10 Å². The third kappa shape index (κ3) is 1.83. The summed E-state index contributed by atoms with van der Waals surface area (Å²) in [5, 5.41) is 17.5. The Labute approximate surface area is 113 Å². The minimum absolute atomic E-state index is 0.0463. The summed E-state index contributed by atoms with van der Waals surface area (Å²) in [4.78, 5) is 11.5. The van der Waals surface area contributed by atoms with Gasteiger partial charge in [0.05, 0.1) is 24.2 Å². The maximum atomic E-state index is 11.5. The van der Waals surface area contributed by atoms with Crippen molar-refractivity contribution in [3.8, 4) is 5.69 Å². The van der Waals surface area contributed by atoms with Gasteiger partial charge in [-0.1, -0.05) is 35.9 Å². The lowest BCUT2D eigenvalue weighted by Crippen LogP contribution is -2.12. The fraction of sp³-hybridized carbons (Fsp3) is 0.0769. The van der Waals surface area contributed by atoms with Gasteiger partial charge in [-0.3, -0.25) is 4.79 Å². The summed E-state index contributed by atoms with van der Waals surface area (Å²) in [6.07, 6.45) is 3.28. The Morgan fingerprint density at radius 2 is 2.16 bits per heavy atom. The summed E-state index contributed by atoms with van der Waals surface area (Å²) in [5.41, 5.74) is 0.663. The fourth-order valence-corrected chi connectivity index (χ4v) is 2.32. The molecule has 96 valence electrons. The number of rotatable bonds is 2. The Balaban J connectivity index is 2.36. The Hall–Kier alpha value is -2.11. The van der Waals surface area contributed by atoms with Gasteiger partial charge in [0.2, 0.25) is 0 Å². The average Bonchev–Trinajstić information content (AvgIpc) is 2.80. The van der Waals surface area contributed by atoms with Crippen LogP contribution >= 0.6 is 11.6 Å². The second kappa shape index (κ2) is 4.53. The van der Waals surface area contributed by atoms with Crippen molar-refractivity contribution in [2.75, 3.05) is 0 Å². The SMILES string of the molecule is O=c1[nH]ncc(-n2cc3ccccc3c2CO)c1Cl. The van der Waals surface area contributed by atoms with E-state index in [1.54, 1.807) is 4.57 Å². The molecule has 0 saturated heterocycles. The number of benzene rings is 1. The van der Waals surface area contributed by atoms with Crippen LogP contribution in [0.2, 0.25) is 5.02 Å². The van der Waals surface area contributed by atoms with Crippen molar-refractivity contribution in [3.05, 3.63) is 57.7 Å². The maximum absolute atomic E-state index is 11.5. The predicted molar refractivity (Wildman–Crippen MR) is 72.6 cm³/mol. The molecule has 2 heterocycles. The van der Waals surface area contributed by atoms with Crippen LogP contribution in [0.15, 0.2) is 41.5 Å². The number of nitrogens with one attached hydrogen (secondary N) is 1. The lowest BCUT2D eigenvalue weighted by Gasteiger charge is -2.08. The Kier molecular flexibility index (Phi) is 2.85. The first-order valence-corrected chi connectivity index (χ1v) is 6.03. The summed E-state index contributed by atoms with van der Waals surface area (Å²) in [7, 11) is 0. The van der Waals surface area contributed by atoms with Crippen LogP contribution in [-0.4, -0.2) is 19.9 Å². The molecular weight excluding hydrogens is 266 g/mol. The van der Waals surface area contributed by atoms with Gasteiger partial charge in [0.1, 0.15) is 5.02 Å². The van der Waals surface area contributed by atoms with Gasteiger partial charge < -0.3 is 9.67 Å². The fourth-order valence-electron chi connectivity index (χ4n) is 2.14. The van der Waals surface area contributed by atoms with Gasteiger partial charge in [0.15, 0.2) is 0 Å². The van der Waals surface area contributed by atoms with Gasteiger partial charge in [-0.05, 0) is 0 Å². The number of nitrogens with zero attached hydrogens (tertiary/aromatic N) is 2. The van der Waals surface area contributed by atoms with Crippen LogP contribution in [0.5, 0.6) is 0 Å². The molecule has 0 amide bonds. The van der Waals surface area contributed by atoms with Crippen molar-refractivity contribution in [1.82, 2.24) is 14.8 Å². The molecule has 0 radical (unpaired) electrons. The van der Waals surface area contributed by atoms with Gasteiger partial charge >= 0.3 is 0 Å². The topological polar surface area (TPSA) is 70.9 Å². The van der Waals surface area contributed by atoms with E-state index in [1.165, 1.54) is 6.20 Å². The van der Waals surface area contributed by atoms with Crippen LogP contribution in [0.4, 0.5) is 0 Å². The van der Waals surface area contributed by atoms with Crippen LogP contribution in [0.1, 0.15) is 5.69 Å². The summed E-state index contributed by atoms with van der Waals surface area (Å²) >= 11 is 6.00. The highest BCUT2D eigenvalue weighted by atomic mass is 35.5. The van der Waals surface area contributed by atoms with Crippen molar-refractivity contribution in [2.45, 2.75) is 6.61 Å². The summed E-state index contributed by atoms with van der Waals surface area (Å²) < 4.78 is 1.69. The molecule has 0 aliphatic rings. The van der Waals surface area contributed by atoms with E-state index in [4.69, 9.17) is 11.6 Å². The van der Waals surface area contributed by atoms with Gasteiger partial charge in [-0.15, -0.1) is 0 Å². The molecule has 2 aromatic heterocycles. The van der Waals surface area contributed by atoms with E-state index in [2.05, 4.69) is 10.2 Å². The first kappa shape index (κ1) is 12.0. The van der Waals surface area contributed by atoms with Crippen LogP contribution in [0, 0.1) is 0 Å². The molecule has 0 atom stereocenters. The smallest absolute Gasteiger partial charge is 0.285 e. The van der Waals surface area contributed by atoms with Crippen LogP contribution < -0.4 is 5.56 Å². The molecule has 3 aromatic rings. The Bertz CT molecular complexity index is 807. The molecule has 0 unspecified atom stereocenters. The van der Waals surface area contributed by atoms with E-state index < -0.39 is 5.56 Å². The lowest BCUT2D eigenvalue weighted by atomic mass is 10.2. The molecule has 0 fully saturated rings. The number of halogens is 1.